The lowest BCUT2D eigenvalue weighted by Crippen LogP contribution is -1.92. The van der Waals surface area contributed by atoms with Crippen LogP contribution < -0.4 is 9.47 Å². The SMILES string of the molecule is N#C/C(=C\c1ccc2c(c1)OCO2)c1nc2ccccc2[nH]1. The maximum absolute atomic E-state index is 9.43. The molecule has 1 aromatic heterocycles. The minimum Gasteiger partial charge on any atom is -0.454 e. The Labute approximate surface area is 126 Å². The first kappa shape index (κ1) is 12.5. The molecule has 0 unspecified atom stereocenters. The second-order valence-corrected chi connectivity index (χ2v) is 4.89. The number of para-hydroxylation sites is 2. The third kappa shape index (κ3) is 2.07. The summed E-state index contributed by atoms with van der Waals surface area (Å²) >= 11 is 0. The number of nitrogens with zero attached hydrogens (tertiary/aromatic N) is 2. The number of benzene rings is 2. The number of rotatable bonds is 2. The Kier molecular flexibility index (Phi) is 2.80. The van der Waals surface area contributed by atoms with E-state index in [1.807, 2.05) is 42.5 Å². The van der Waals surface area contributed by atoms with Crippen LogP contribution in [-0.4, -0.2) is 16.8 Å². The van der Waals surface area contributed by atoms with Crippen LogP contribution in [0.15, 0.2) is 42.5 Å². The van der Waals surface area contributed by atoms with Gasteiger partial charge < -0.3 is 14.5 Å². The van der Waals surface area contributed by atoms with Crippen molar-refractivity contribution in [2.45, 2.75) is 0 Å². The van der Waals surface area contributed by atoms with E-state index in [-0.39, 0.29) is 6.79 Å². The van der Waals surface area contributed by atoms with Crippen LogP contribution in [0.1, 0.15) is 11.4 Å². The highest BCUT2D eigenvalue weighted by atomic mass is 16.7. The molecule has 3 aromatic rings. The third-order valence-corrected chi connectivity index (χ3v) is 3.47. The zero-order valence-corrected chi connectivity index (χ0v) is 11.5. The molecule has 2 heterocycles. The molecule has 2 aromatic carbocycles. The fourth-order valence-electron chi connectivity index (χ4n) is 2.40. The van der Waals surface area contributed by atoms with Crippen molar-refractivity contribution in [1.29, 1.82) is 5.26 Å². The Morgan fingerprint density at radius 3 is 2.91 bits per heavy atom. The van der Waals surface area contributed by atoms with Gasteiger partial charge in [0, 0.05) is 0 Å². The summed E-state index contributed by atoms with van der Waals surface area (Å²) in [5, 5.41) is 9.43. The number of fused-ring (bicyclic) bond motifs is 2. The van der Waals surface area contributed by atoms with Crippen molar-refractivity contribution < 1.29 is 9.47 Å². The molecule has 1 aliphatic heterocycles. The van der Waals surface area contributed by atoms with Crippen molar-refractivity contribution in [2.24, 2.45) is 0 Å². The number of H-pyrrole nitrogens is 1. The van der Waals surface area contributed by atoms with Crippen LogP contribution in [-0.2, 0) is 0 Å². The van der Waals surface area contributed by atoms with Crippen LogP contribution in [0.5, 0.6) is 11.5 Å². The van der Waals surface area contributed by atoms with Gasteiger partial charge in [-0.1, -0.05) is 18.2 Å². The van der Waals surface area contributed by atoms with Gasteiger partial charge in [-0.05, 0) is 35.9 Å². The molecule has 0 saturated heterocycles. The fourth-order valence-corrected chi connectivity index (χ4v) is 2.40. The summed E-state index contributed by atoms with van der Waals surface area (Å²) in [6.45, 7) is 0.233. The van der Waals surface area contributed by atoms with E-state index >= 15 is 0 Å². The van der Waals surface area contributed by atoms with E-state index in [0.717, 1.165) is 22.3 Å². The van der Waals surface area contributed by atoms with Gasteiger partial charge in [0.2, 0.25) is 6.79 Å². The zero-order valence-electron chi connectivity index (χ0n) is 11.5. The lowest BCUT2D eigenvalue weighted by Gasteiger charge is -1.99. The molecule has 106 valence electrons. The predicted molar refractivity (Wildman–Crippen MR) is 82.1 cm³/mol. The van der Waals surface area contributed by atoms with Crippen molar-refractivity contribution in [2.75, 3.05) is 6.79 Å². The molecule has 0 fully saturated rings. The fraction of sp³-hybridized carbons (Fsp3) is 0.0588. The van der Waals surface area contributed by atoms with Crippen LogP contribution in [0.2, 0.25) is 0 Å². The van der Waals surface area contributed by atoms with E-state index in [2.05, 4.69) is 16.0 Å². The number of aromatic amines is 1. The van der Waals surface area contributed by atoms with E-state index in [1.54, 1.807) is 6.08 Å². The van der Waals surface area contributed by atoms with Crippen molar-refractivity contribution in [3.8, 4) is 17.6 Å². The van der Waals surface area contributed by atoms with Crippen LogP contribution in [0.25, 0.3) is 22.7 Å². The monoisotopic (exact) mass is 289 g/mol. The number of hydrogen-bond donors (Lipinski definition) is 1. The molecule has 1 N–H and O–H groups in total. The molecule has 0 bridgehead atoms. The molecule has 0 saturated carbocycles. The lowest BCUT2D eigenvalue weighted by molar-refractivity contribution is 0.174. The Morgan fingerprint density at radius 1 is 1.18 bits per heavy atom. The maximum atomic E-state index is 9.43. The first-order valence-corrected chi connectivity index (χ1v) is 6.80. The summed E-state index contributed by atoms with van der Waals surface area (Å²) in [5.74, 6) is 1.97. The van der Waals surface area contributed by atoms with E-state index in [0.29, 0.717) is 17.1 Å². The Balaban J connectivity index is 1.76. The lowest BCUT2D eigenvalue weighted by atomic mass is 10.1. The average molecular weight is 289 g/mol. The molecule has 0 spiro atoms. The van der Waals surface area contributed by atoms with Gasteiger partial charge in [0.15, 0.2) is 11.5 Å². The largest absolute Gasteiger partial charge is 0.454 e. The van der Waals surface area contributed by atoms with Gasteiger partial charge in [-0.3, -0.25) is 0 Å². The van der Waals surface area contributed by atoms with Gasteiger partial charge in [0.05, 0.1) is 16.6 Å². The van der Waals surface area contributed by atoms with Gasteiger partial charge in [0.25, 0.3) is 0 Å². The maximum Gasteiger partial charge on any atom is 0.231 e. The predicted octanol–water partition coefficient (Wildman–Crippen LogP) is 3.36. The minimum atomic E-state index is 0.233. The summed E-state index contributed by atoms with van der Waals surface area (Å²) in [7, 11) is 0. The highest BCUT2D eigenvalue weighted by Gasteiger charge is 2.13. The summed E-state index contributed by atoms with van der Waals surface area (Å²) in [6.07, 6.45) is 1.78. The molecule has 22 heavy (non-hydrogen) atoms. The van der Waals surface area contributed by atoms with Gasteiger partial charge >= 0.3 is 0 Å². The summed E-state index contributed by atoms with van der Waals surface area (Å²) in [5.41, 5.74) is 3.07. The molecule has 5 heteroatoms. The van der Waals surface area contributed by atoms with Crippen LogP contribution >= 0.6 is 0 Å². The number of nitriles is 1. The molecule has 5 nitrogen and oxygen atoms in total. The Bertz CT molecular complexity index is 901. The number of imidazole rings is 1. The van der Waals surface area contributed by atoms with Crippen LogP contribution in [0.4, 0.5) is 0 Å². The van der Waals surface area contributed by atoms with E-state index in [4.69, 9.17) is 9.47 Å². The zero-order chi connectivity index (χ0) is 14.9. The van der Waals surface area contributed by atoms with E-state index in [9.17, 15) is 5.26 Å². The molecule has 0 aliphatic carbocycles. The average Bonchev–Trinajstić information content (AvgIpc) is 3.18. The second-order valence-electron chi connectivity index (χ2n) is 4.89. The molecular formula is C17H11N3O2. The molecule has 0 atom stereocenters. The molecule has 0 amide bonds. The molecular weight excluding hydrogens is 278 g/mol. The normalized spacial score (nSPS) is 13.3. The van der Waals surface area contributed by atoms with Gasteiger partial charge in [-0.25, -0.2) is 4.98 Å². The van der Waals surface area contributed by atoms with E-state index < -0.39 is 0 Å². The number of nitrogens with one attached hydrogen (secondary N) is 1. The Hall–Kier alpha value is -3.26. The number of aromatic nitrogens is 2. The third-order valence-electron chi connectivity index (χ3n) is 3.47. The second kappa shape index (κ2) is 4.93. The minimum absolute atomic E-state index is 0.233. The van der Waals surface area contributed by atoms with Gasteiger partial charge in [-0.2, -0.15) is 5.26 Å². The molecule has 4 rings (SSSR count). The molecule has 1 aliphatic rings. The topological polar surface area (TPSA) is 70.9 Å². The molecule has 0 radical (unpaired) electrons. The quantitative estimate of drug-likeness (QED) is 0.734. The van der Waals surface area contributed by atoms with Crippen molar-refractivity contribution in [3.05, 3.63) is 53.9 Å². The number of allylic oxidation sites excluding steroid dienone is 1. The van der Waals surface area contributed by atoms with Crippen LogP contribution in [0, 0.1) is 11.3 Å². The summed E-state index contributed by atoms with van der Waals surface area (Å²) in [4.78, 5) is 7.61. The highest BCUT2D eigenvalue weighted by Crippen LogP contribution is 2.33. The summed E-state index contributed by atoms with van der Waals surface area (Å²) < 4.78 is 10.6. The van der Waals surface area contributed by atoms with Crippen LogP contribution in [0.3, 0.4) is 0 Å². The highest BCUT2D eigenvalue weighted by molar-refractivity contribution is 5.90. The number of hydrogen-bond acceptors (Lipinski definition) is 4. The smallest absolute Gasteiger partial charge is 0.231 e. The van der Waals surface area contributed by atoms with Crippen molar-refractivity contribution >= 4 is 22.7 Å². The van der Waals surface area contributed by atoms with E-state index in [1.165, 1.54) is 0 Å². The van der Waals surface area contributed by atoms with Crippen molar-refractivity contribution in [3.63, 3.8) is 0 Å². The Morgan fingerprint density at radius 2 is 2.05 bits per heavy atom. The number of ether oxygens (including phenoxy) is 2. The standard InChI is InChI=1S/C17H11N3O2/c18-9-12(17-19-13-3-1-2-4-14(13)20-17)7-11-5-6-15-16(8-11)22-10-21-15/h1-8H,10H2,(H,19,20)/b12-7+. The first-order valence-electron chi connectivity index (χ1n) is 6.80. The summed E-state index contributed by atoms with van der Waals surface area (Å²) in [6, 6.07) is 15.4. The first-order chi connectivity index (χ1) is 10.8. The van der Waals surface area contributed by atoms with Gasteiger partial charge in [0.1, 0.15) is 11.9 Å². The van der Waals surface area contributed by atoms with Gasteiger partial charge in [-0.15, -0.1) is 0 Å². The van der Waals surface area contributed by atoms with Crippen molar-refractivity contribution in [1.82, 2.24) is 9.97 Å².